The van der Waals surface area contributed by atoms with E-state index in [9.17, 15) is 4.79 Å². The first-order valence-corrected chi connectivity index (χ1v) is 9.60. The minimum atomic E-state index is -0.561. The van der Waals surface area contributed by atoms with Gasteiger partial charge in [-0.3, -0.25) is 14.9 Å². The predicted molar refractivity (Wildman–Crippen MR) is 114 cm³/mol. The summed E-state index contributed by atoms with van der Waals surface area (Å²) in [5.41, 5.74) is 1.06. The lowest BCUT2D eigenvalue weighted by Gasteiger charge is -2.20. The summed E-state index contributed by atoms with van der Waals surface area (Å²) in [5, 5.41) is 5.80. The van der Waals surface area contributed by atoms with Gasteiger partial charge in [0.1, 0.15) is 11.4 Å². The van der Waals surface area contributed by atoms with Gasteiger partial charge in [-0.15, -0.1) is 0 Å². The van der Waals surface area contributed by atoms with Crippen molar-refractivity contribution in [3.05, 3.63) is 59.6 Å². The second-order valence-corrected chi connectivity index (χ2v) is 8.32. The molecule has 0 radical (unpaired) electrons. The van der Waals surface area contributed by atoms with Crippen molar-refractivity contribution < 1.29 is 9.53 Å². The molecule has 1 aromatic carbocycles. The van der Waals surface area contributed by atoms with Crippen molar-refractivity contribution in [3.63, 3.8) is 0 Å². The average Bonchev–Trinajstić information content (AvgIpc) is 3.04. The number of nitrogens with one attached hydrogen (secondary N) is 1. The molecule has 0 saturated heterocycles. The molecule has 0 aliphatic carbocycles. The van der Waals surface area contributed by atoms with Crippen LogP contribution >= 0.6 is 15.9 Å². The summed E-state index contributed by atoms with van der Waals surface area (Å²) in [6.45, 7) is 5.49. The molecule has 1 N–H and O–H groups in total. The Balaban J connectivity index is 1.73. The van der Waals surface area contributed by atoms with Crippen molar-refractivity contribution in [2.45, 2.75) is 26.4 Å². The fourth-order valence-electron chi connectivity index (χ4n) is 2.97. The first kappa shape index (κ1) is 18.4. The zero-order chi connectivity index (χ0) is 19.9. The zero-order valence-electron chi connectivity index (χ0n) is 15.7. The van der Waals surface area contributed by atoms with Gasteiger partial charge in [0.2, 0.25) is 0 Å². The van der Waals surface area contributed by atoms with E-state index >= 15 is 0 Å². The Labute approximate surface area is 170 Å². The molecule has 4 rings (SSSR count). The van der Waals surface area contributed by atoms with Crippen LogP contribution in [0.3, 0.4) is 0 Å². The number of hydrogen-bond donors (Lipinski definition) is 1. The van der Waals surface area contributed by atoms with E-state index in [-0.39, 0.29) is 0 Å². The maximum atomic E-state index is 12.1. The van der Waals surface area contributed by atoms with Crippen LogP contribution in [0.1, 0.15) is 20.8 Å². The molecule has 3 heterocycles. The van der Waals surface area contributed by atoms with Gasteiger partial charge in [-0.05, 0) is 72.4 Å². The van der Waals surface area contributed by atoms with E-state index in [1.54, 1.807) is 6.20 Å². The Kier molecular flexibility index (Phi) is 4.55. The molecule has 4 aromatic rings. The number of rotatable bonds is 2. The smallest absolute Gasteiger partial charge is 0.412 e. The van der Waals surface area contributed by atoms with Crippen LogP contribution in [0.5, 0.6) is 0 Å². The van der Waals surface area contributed by atoms with Crippen LogP contribution in [0.15, 0.2) is 59.6 Å². The van der Waals surface area contributed by atoms with E-state index in [1.807, 2.05) is 74.3 Å². The lowest BCUT2D eigenvalue weighted by molar-refractivity contribution is 0.0636. The molecule has 0 aliphatic rings. The van der Waals surface area contributed by atoms with E-state index in [0.717, 1.165) is 32.0 Å². The minimum absolute atomic E-state index is 0.496. The third kappa shape index (κ3) is 3.71. The van der Waals surface area contributed by atoms with Gasteiger partial charge in [-0.2, -0.15) is 0 Å². The van der Waals surface area contributed by atoms with Crippen molar-refractivity contribution in [2.24, 2.45) is 0 Å². The zero-order valence-corrected chi connectivity index (χ0v) is 17.3. The number of benzene rings is 1. The lowest BCUT2D eigenvalue weighted by Crippen LogP contribution is -2.27. The van der Waals surface area contributed by atoms with E-state index in [4.69, 9.17) is 4.74 Å². The molecule has 0 atom stereocenters. The minimum Gasteiger partial charge on any atom is -0.444 e. The highest BCUT2D eigenvalue weighted by molar-refractivity contribution is 9.10. The number of amides is 1. The van der Waals surface area contributed by atoms with E-state index in [0.29, 0.717) is 5.69 Å². The predicted octanol–water partition coefficient (Wildman–Crippen LogP) is 5.68. The first-order valence-electron chi connectivity index (χ1n) is 8.81. The molecule has 142 valence electrons. The molecule has 3 aromatic heterocycles. The van der Waals surface area contributed by atoms with Gasteiger partial charge in [0.25, 0.3) is 0 Å². The summed E-state index contributed by atoms with van der Waals surface area (Å²) in [5.74, 6) is 0.779. The molecule has 0 aliphatic heterocycles. The fourth-order valence-corrected chi connectivity index (χ4v) is 3.43. The van der Waals surface area contributed by atoms with E-state index < -0.39 is 11.7 Å². The Morgan fingerprint density at radius 3 is 2.71 bits per heavy atom. The first-order chi connectivity index (χ1) is 13.3. The largest absolute Gasteiger partial charge is 0.444 e. The molecular weight excluding hydrogens is 420 g/mol. The Bertz CT molecular complexity index is 1190. The third-order valence-corrected chi connectivity index (χ3v) is 4.83. The highest BCUT2D eigenvalue weighted by Crippen LogP contribution is 2.30. The summed E-state index contributed by atoms with van der Waals surface area (Å²) >= 11 is 3.50. The molecule has 7 heteroatoms. The number of fused-ring (bicyclic) bond motifs is 2. The number of nitrogens with zero attached hydrogens (tertiary/aromatic N) is 3. The average molecular weight is 439 g/mol. The van der Waals surface area contributed by atoms with Crippen LogP contribution in [0.4, 0.5) is 10.5 Å². The second kappa shape index (κ2) is 6.91. The van der Waals surface area contributed by atoms with E-state index in [2.05, 4.69) is 31.2 Å². The molecule has 0 unspecified atom stereocenters. The van der Waals surface area contributed by atoms with Gasteiger partial charge < -0.3 is 4.74 Å². The van der Waals surface area contributed by atoms with Crippen molar-refractivity contribution in [1.82, 2.24) is 14.5 Å². The summed E-state index contributed by atoms with van der Waals surface area (Å²) in [6, 6.07) is 9.80. The number of ether oxygens (including phenoxy) is 1. The number of carbonyl (C=O) groups excluding carboxylic acids is 1. The van der Waals surface area contributed by atoms with Gasteiger partial charge in [0, 0.05) is 33.8 Å². The Hall–Kier alpha value is -2.93. The number of carbonyl (C=O) groups is 1. The molecule has 0 saturated carbocycles. The molecule has 0 fully saturated rings. The standard InChI is InChI=1S/C21H19BrN4O2/c1-21(2,3)28-20(27)25-17-9-14-10-19(24-11-15(14)8-16(17)22)26-7-5-13-4-6-23-12-18(13)26/h4-12H,1-3H3,(H,25,27). The topological polar surface area (TPSA) is 69.0 Å². The highest BCUT2D eigenvalue weighted by Gasteiger charge is 2.17. The van der Waals surface area contributed by atoms with Gasteiger partial charge in [-0.1, -0.05) is 0 Å². The number of aromatic nitrogens is 3. The van der Waals surface area contributed by atoms with E-state index in [1.165, 1.54) is 0 Å². The summed E-state index contributed by atoms with van der Waals surface area (Å²) in [4.78, 5) is 20.9. The van der Waals surface area contributed by atoms with Crippen molar-refractivity contribution in [3.8, 4) is 5.82 Å². The monoisotopic (exact) mass is 438 g/mol. The van der Waals surface area contributed by atoms with Crippen LogP contribution in [-0.4, -0.2) is 26.2 Å². The quantitative estimate of drug-likeness (QED) is 0.436. The summed E-state index contributed by atoms with van der Waals surface area (Å²) in [6.07, 6.45) is 6.88. The lowest BCUT2D eigenvalue weighted by atomic mass is 10.1. The van der Waals surface area contributed by atoms with Crippen LogP contribution in [0.2, 0.25) is 0 Å². The molecule has 0 spiro atoms. The third-order valence-electron chi connectivity index (χ3n) is 4.17. The number of pyridine rings is 2. The van der Waals surface area contributed by atoms with Crippen LogP contribution < -0.4 is 5.32 Å². The summed E-state index contributed by atoms with van der Waals surface area (Å²) < 4.78 is 8.10. The van der Waals surface area contributed by atoms with Gasteiger partial charge in [-0.25, -0.2) is 9.78 Å². The second-order valence-electron chi connectivity index (χ2n) is 7.47. The van der Waals surface area contributed by atoms with Crippen LogP contribution in [-0.2, 0) is 4.74 Å². The fraction of sp³-hybridized carbons (Fsp3) is 0.190. The number of hydrogen-bond acceptors (Lipinski definition) is 4. The van der Waals surface area contributed by atoms with Crippen LogP contribution in [0.25, 0.3) is 27.5 Å². The Morgan fingerprint density at radius 2 is 1.93 bits per heavy atom. The normalized spacial score (nSPS) is 11.7. The molecule has 28 heavy (non-hydrogen) atoms. The number of anilines is 1. The Morgan fingerprint density at radius 1 is 1.11 bits per heavy atom. The molecule has 0 bridgehead atoms. The van der Waals surface area contributed by atoms with Crippen LogP contribution in [0, 0.1) is 0 Å². The van der Waals surface area contributed by atoms with Crippen molar-refractivity contribution in [1.29, 1.82) is 0 Å². The van der Waals surface area contributed by atoms with Crippen molar-refractivity contribution in [2.75, 3.05) is 5.32 Å². The number of halogens is 1. The molecular formula is C21H19BrN4O2. The SMILES string of the molecule is CC(C)(C)OC(=O)Nc1cc2cc(-n3ccc4ccncc43)ncc2cc1Br. The summed E-state index contributed by atoms with van der Waals surface area (Å²) in [7, 11) is 0. The molecule has 1 amide bonds. The molecule has 6 nitrogen and oxygen atoms in total. The van der Waals surface area contributed by atoms with Gasteiger partial charge in [0.15, 0.2) is 0 Å². The van der Waals surface area contributed by atoms with Gasteiger partial charge >= 0.3 is 6.09 Å². The highest BCUT2D eigenvalue weighted by atomic mass is 79.9. The maximum Gasteiger partial charge on any atom is 0.412 e. The van der Waals surface area contributed by atoms with Gasteiger partial charge in [0.05, 0.1) is 17.4 Å². The van der Waals surface area contributed by atoms with Crippen molar-refractivity contribution >= 4 is 49.4 Å². The maximum absolute atomic E-state index is 12.1.